The van der Waals surface area contributed by atoms with E-state index >= 15 is 0 Å². The van der Waals surface area contributed by atoms with E-state index in [9.17, 15) is 9.90 Å². The molecule has 5 heteroatoms. The number of hydrogen-bond donors (Lipinski definition) is 1. The summed E-state index contributed by atoms with van der Waals surface area (Å²) in [5.74, 6) is 0.0762. The van der Waals surface area contributed by atoms with Gasteiger partial charge in [-0.05, 0) is 55.8 Å². The summed E-state index contributed by atoms with van der Waals surface area (Å²) < 4.78 is 0. The maximum atomic E-state index is 12.7. The van der Waals surface area contributed by atoms with Crippen LogP contribution in [0.15, 0.2) is 52.4 Å². The van der Waals surface area contributed by atoms with Gasteiger partial charge in [0.05, 0.1) is 10.6 Å². The molecule has 4 nitrogen and oxygen atoms in total. The highest BCUT2D eigenvalue weighted by molar-refractivity contribution is 8.18. The van der Waals surface area contributed by atoms with Gasteiger partial charge in [0.2, 0.25) is 0 Å². The second-order valence-corrected chi connectivity index (χ2v) is 6.86. The molecule has 0 unspecified atom stereocenters. The zero-order chi connectivity index (χ0) is 18.0. The summed E-state index contributed by atoms with van der Waals surface area (Å²) in [7, 11) is 0. The average Bonchev–Trinajstić information content (AvgIpc) is 2.88. The molecule has 0 aliphatic carbocycles. The smallest absolute Gasteiger partial charge is 0.266 e. The van der Waals surface area contributed by atoms with Gasteiger partial charge in [-0.2, -0.15) is 0 Å². The van der Waals surface area contributed by atoms with Crippen LogP contribution < -0.4 is 0 Å². The highest BCUT2D eigenvalue weighted by Crippen LogP contribution is 2.36. The van der Waals surface area contributed by atoms with Crippen molar-refractivity contribution in [1.29, 1.82) is 0 Å². The number of aromatic hydroxyl groups is 1. The Morgan fingerprint density at radius 1 is 1.12 bits per heavy atom. The Morgan fingerprint density at radius 3 is 2.44 bits per heavy atom. The fourth-order valence-corrected chi connectivity index (χ4v) is 3.74. The number of carbonyl (C=O) groups is 1. The first-order valence-electron chi connectivity index (χ1n) is 8.15. The lowest BCUT2D eigenvalue weighted by molar-refractivity contribution is -0.122. The minimum absolute atomic E-state index is 0.0826. The summed E-state index contributed by atoms with van der Waals surface area (Å²) in [5.41, 5.74) is 3.69. The van der Waals surface area contributed by atoms with Crippen molar-refractivity contribution in [3.63, 3.8) is 0 Å². The summed E-state index contributed by atoms with van der Waals surface area (Å²) >= 11 is 1.34. The van der Waals surface area contributed by atoms with E-state index in [0.29, 0.717) is 22.2 Å². The Labute approximate surface area is 151 Å². The third-order valence-corrected chi connectivity index (χ3v) is 5.08. The van der Waals surface area contributed by atoms with Gasteiger partial charge in [-0.15, -0.1) is 0 Å². The second kappa shape index (κ2) is 7.15. The average molecular weight is 352 g/mol. The van der Waals surface area contributed by atoms with Gasteiger partial charge in [0.25, 0.3) is 5.91 Å². The maximum absolute atomic E-state index is 12.7. The molecule has 1 amide bonds. The van der Waals surface area contributed by atoms with E-state index in [1.807, 2.05) is 45.0 Å². The van der Waals surface area contributed by atoms with Crippen LogP contribution in [-0.4, -0.2) is 27.6 Å². The molecule has 1 aliphatic heterocycles. The van der Waals surface area contributed by atoms with Gasteiger partial charge in [-0.25, -0.2) is 4.99 Å². The summed E-state index contributed by atoms with van der Waals surface area (Å²) in [6.07, 6.45) is 1.72. The fraction of sp³-hybridized carbons (Fsp3) is 0.200. The van der Waals surface area contributed by atoms with E-state index in [0.717, 1.165) is 16.8 Å². The summed E-state index contributed by atoms with van der Waals surface area (Å²) in [5, 5.41) is 10.6. The van der Waals surface area contributed by atoms with E-state index in [1.165, 1.54) is 11.8 Å². The quantitative estimate of drug-likeness (QED) is 0.819. The lowest BCUT2D eigenvalue weighted by Crippen LogP contribution is -2.28. The van der Waals surface area contributed by atoms with Crippen molar-refractivity contribution in [2.45, 2.75) is 20.8 Å². The van der Waals surface area contributed by atoms with Crippen molar-refractivity contribution in [2.24, 2.45) is 4.99 Å². The number of phenolic OH excluding ortho intramolecular Hbond substituents is 1. The fourth-order valence-electron chi connectivity index (χ4n) is 2.70. The van der Waals surface area contributed by atoms with Crippen molar-refractivity contribution in [3.8, 4) is 5.75 Å². The molecule has 1 aliphatic rings. The topological polar surface area (TPSA) is 52.9 Å². The predicted octanol–water partition coefficient (Wildman–Crippen LogP) is 4.63. The molecule has 0 spiro atoms. The van der Waals surface area contributed by atoms with Gasteiger partial charge in [-0.1, -0.05) is 36.4 Å². The summed E-state index contributed by atoms with van der Waals surface area (Å²) in [6.45, 7) is 6.51. The number of benzene rings is 2. The molecule has 3 rings (SSSR count). The van der Waals surface area contributed by atoms with Gasteiger partial charge < -0.3 is 5.11 Å². The number of nitrogens with zero attached hydrogens (tertiary/aromatic N) is 2. The van der Waals surface area contributed by atoms with Crippen LogP contribution in [0.1, 0.15) is 23.6 Å². The number of phenols is 1. The Bertz CT molecular complexity index is 867. The number of para-hydroxylation sites is 2. The van der Waals surface area contributed by atoms with Gasteiger partial charge in [0.1, 0.15) is 5.75 Å². The van der Waals surface area contributed by atoms with Gasteiger partial charge >= 0.3 is 0 Å². The Balaban J connectivity index is 2.01. The lowest BCUT2D eigenvalue weighted by atomic mass is 10.1. The standard InChI is InChI=1S/C20H20N2O2S/c1-4-22-19(24)17(12-15-10-5-6-11-16(15)23)25-20(22)21-18-13(2)8-7-9-14(18)3/h5-12,23H,4H2,1-3H3/b17-12+,21-20?. The second-order valence-electron chi connectivity index (χ2n) is 5.85. The summed E-state index contributed by atoms with van der Waals surface area (Å²) in [4.78, 5) is 19.7. The Kier molecular flexibility index (Phi) is 4.95. The highest BCUT2D eigenvalue weighted by Gasteiger charge is 2.32. The van der Waals surface area contributed by atoms with Crippen molar-refractivity contribution < 1.29 is 9.90 Å². The molecule has 25 heavy (non-hydrogen) atoms. The minimum atomic E-state index is -0.0826. The molecule has 0 saturated carbocycles. The number of carbonyl (C=O) groups excluding carboxylic acids is 1. The number of aliphatic imine (C=N–C) groups is 1. The number of amidine groups is 1. The van der Waals surface area contributed by atoms with Crippen LogP contribution in [0.25, 0.3) is 6.08 Å². The zero-order valence-electron chi connectivity index (χ0n) is 14.5. The van der Waals surface area contributed by atoms with E-state index in [4.69, 9.17) is 4.99 Å². The molecule has 0 bridgehead atoms. The maximum Gasteiger partial charge on any atom is 0.266 e. The van der Waals surface area contributed by atoms with Crippen LogP contribution in [0.3, 0.4) is 0 Å². The molecule has 1 fully saturated rings. The number of thioether (sulfide) groups is 1. The molecule has 2 aromatic rings. The third-order valence-electron chi connectivity index (χ3n) is 4.07. The predicted molar refractivity (Wildman–Crippen MR) is 104 cm³/mol. The monoisotopic (exact) mass is 352 g/mol. The van der Waals surface area contributed by atoms with Crippen molar-refractivity contribution >= 4 is 34.6 Å². The van der Waals surface area contributed by atoms with Crippen LogP contribution in [0.5, 0.6) is 5.75 Å². The number of hydrogen-bond acceptors (Lipinski definition) is 4. The SMILES string of the molecule is CCN1C(=O)/C(=C\c2ccccc2O)SC1=Nc1c(C)cccc1C. The number of rotatable bonds is 3. The molecule has 128 valence electrons. The number of amides is 1. The van der Waals surface area contributed by atoms with E-state index < -0.39 is 0 Å². The first-order valence-corrected chi connectivity index (χ1v) is 8.97. The van der Waals surface area contributed by atoms with Gasteiger partial charge in [-0.3, -0.25) is 9.69 Å². The van der Waals surface area contributed by atoms with Crippen LogP contribution in [0, 0.1) is 13.8 Å². The van der Waals surface area contributed by atoms with Gasteiger partial charge in [0, 0.05) is 12.1 Å². The molecular weight excluding hydrogens is 332 g/mol. The molecule has 1 heterocycles. The zero-order valence-corrected chi connectivity index (χ0v) is 15.3. The molecule has 0 radical (unpaired) electrons. The number of aryl methyl sites for hydroxylation is 2. The first kappa shape index (κ1) is 17.3. The van der Waals surface area contributed by atoms with E-state index in [1.54, 1.807) is 29.2 Å². The Hall–Kier alpha value is -2.53. The highest BCUT2D eigenvalue weighted by atomic mass is 32.2. The van der Waals surface area contributed by atoms with Crippen molar-refractivity contribution in [3.05, 3.63) is 64.1 Å². The van der Waals surface area contributed by atoms with Gasteiger partial charge in [0.15, 0.2) is 5.17 Å². The molecule has 1 saturated heterocycles. The van der Waals surface area contributed by atoms with Crippen LogP contribution in [-0.2, 0) is 4.79 Å². The van der Waals surface area contributed by atoms with Crippen molar-refractivity contribution in [1.82, 2.24) is 4.90 Å². The molecular formula is C20H20N2O2S. The van der Waals surface area contributed by atoms with E-state index in [-0.39, 0.29) is 11.7 Å². The van der Waals surface area contributed by atoms with E-state index in [2.05, 4.69) is 0 Å². The van der Waals surface area contributed by atoms with Crippen LogP contribution in [0.4, 0.5) is 5.69 Å². The lowest BCUT2D eigenvalue weighted by Gasteiger charge is -2.13. The van der Waals surface area contributed by atoms with Crippen molar-refractivity contribution in [2.75, 3.05) is 6.54 Å². The van der Waals surface area contributed by atoms with Crippen LogP contribution >= 0.6 is 11.8 Å². The number of likely N-dealkylation sites (N-methyl/N-ethyl adjacent to an activating group) is 1. The molecule has 0 aromatic heterocycles. The first-order chi connectivity index (χ1) is 12.0. The van der Waals surface area contributed by atoms with Crippen LogP contribution in [0.2, 0.25) is 0 Å². The summed E-state index contributed by atoms with van der Waals surface area (Å²) in [6, 6.07) is 13.0. The minimum Gasteiger partial charge on any atom is -0.507 e. The third kappa shape index (κ3) is 3.46. The molecule has 1 N–H and O–H groups in total. The normalized spacial score (nSPS) is 17.7. The largest absolute Gasteiger partial charge is 0.507 e. The Morgan fingerprint density at radius 2 is 1.80 bits per heavy atom. The molecule has 2 aromatic carbocycles. The molecule has 0 atom stereocenters.